The first-order chi connectivity index (χ1) is 9.72. The van der Waals surface area contributed by atoms with Crippen molar-refractivity contribution >= 4 is 0 Å². The van der Waals surface area contributed by atoms with Gasteiger partial charge in [-0.1, -0.05) is 49.6 Å². The normalized spacial score (nSPS) is 17.8. The number of benzene rings is 2. The molecule has 104 valence electrons. The molecule has 0 unspecified atom stereocenters. The number of rotatable bonds is 2. The fourth-order valence-electron chi connectivity index (χ4n) is 3.55. The van der Waals surface area contributed by atoms with Gasteiger partial charge in [0.1, 0.15) is 11.5 Å². The van der Waals surface area contributed by atoms with E-state index < -0.39 is 0 Å². The van der Waals surface area contributed by atoms with Crippen LogP contribution in [0.2, 0.25) is 0 Å². The van der Waals surface area contributed by atoms with E-state index in [2.05, 4.69) is 6.07 Å². The van der Waals surface area contributed by atoms with Crippen LogP contribution in [0.3, 0.4) is 0 Å². The zero-order valence-electron chi connectivity index (χ0n) is 11.5. The standard InChI is InChI=1S/C18H20O2/c19-15-8-6-7-14(13-15)18(11-4-1-5-12-18)16-9-2-3-10-17(16)20/h2-3,6-10,13,19-20H,1,4-5,11-12H2. The maximum absolute atomic E-state index is 10.3. The first-order valence-electron chi connectivity index (χ1n) is 7.30. The van der Waals surface area contributed by atoms with Crippen LogP contribution in [-0.4, -0.2) is 10.2 Å². The second kappa shape index (κ2) is 5.20. The number of aromatic hydroxyl groups is 2. The van der Waals surface area contributed by atoms with Crippen molar-refractivity contribution in [3.63, 3.8) is 0 Å². The van der Waals surface area contributed by atoms with Crippen LogP contribution in [0.15, 0.2) is 48.5 Å². The number of hydrogen-bond acceptors (Lipinski definition) is 2. The summed E-state index contributed by atoms with van der Waals surface area (Å²) in [6.45, 7) is 0. The predicted octanol–water partition coefficient (Wildman–Crippen LogP) is 4.35. The Morgan fingerprint density at radius 1 is 0.800 bits per heavy atom. The highest BCUT2D eigenvalue weighted by Crippen LogP contribution is 2.48. The first kappa shape index (κ1) is 13.0. The molecule has 2 heteroatoms. The quantitative estimate of drug-likeness (QED) is 0.850. The number of hydrogen-bond donors (Lipinski definition) is 2. The molecule has 2 aromatic carbocycles. The minimum Gasteiger partial charge on any atom is -0.508 e. The van der Waals surface area contributed by atoms with Crippen molar-refractivity contribution in [1.82, 2.24) is 0 Å². The number of para-hydroxylation sites is 1. The molecule has 0 saturated heterocycles. The summed E-state index contributed by atoms with van der Waals surface area (Å²) in [5.74, 6) is 0.653. The number of phenolic OH excluding ortho intramolecular Hbond substituents is 2. The van der Waals surface area contributed by atoms with Gasteiger partial charge in [-0.15, -0.1) is 0 Å². The molecule has 2 nitrogen and oxygen atoms in total. The van der Waals surface area contributed by atoms with Gasteiger partial charge in [0.25, 0.3) is 0 Å². The van der Waals surface area contributed by atoms with Gasteiger partial charge in [-0.2, -0.15) is 0 Å². The predicted molar refractivity (Wildman–Crippen MR) is 80.1 cm³/mol. The summed E-state index contributed by atoms with van der Waals surface area (Å²) in [5.41, 5.74) is 1.94. The van der Waals surface area contributed by atoms with E-state index in [1.165, 1.54) is 6.42 Å². The van der Waals surface area contributed by atoms with Gasteiger partial charge >= 0.3 is 0 Å². The smallest absolute Gasteiger partial charge is 0.119 e. The molecule has 20 heavy (non-hydrogen) atoms. The minimum atomic E-state index is -0.164. The van der Waals surface area contributed by atoms with Gasteiger partial charge in [0, 0.05) is 11.0 Å². The van der Waals surface area contributed by atoms with Crippen LogP contribution in [0.4, 0.5) is 0 Å². The average Bonchev–Trinajstić information content (AvgIpc) is 2.48. The molecule has 1 aliphatic rings. The second-order valence-electron chi connectivity index (χ2n) is 5.71. The van der Waals surface area contributed by atoms with E-state index in [4.69, 9.17) is 0 Å². The van der Waals surface area contributed by atoms with Crippen molar-refractivity contribution in [2.45, 2.75) is 37.5 Å². The van der Waals surface area contributed by atoms with Gasteiger partial charge < -0.3 is 10.2 Å². The van der Waals surface area contributed by atoms with Crippen molar-refractivity contribution in [3.05, 3.63) is 59.7 Å². The first-order valence-corrected chi connectivity index (χ1v) is 7.30. The van der Waals surface area contributed by atoms with Gasteiger partial charge in [0.2, 0.25) is 0 Å². The molecule has 3 rings (SSSR count). The van der Waals surface area contributed by atoms with Crippen molar-refractivity contribution in [2.75, 3.05) is 0 Å². The van der Waals surface area contributed by atoms with Gasteiger partial charge in [-0.3, -0.25) is 0 Å². The third-order valence-corrected chi connectivity index (χ3v) is 4.53. The molecule has 0 aromatic heterocycles. The Hall–Kier alpha value is -1.96. The lowest BCUT2D eigenvalue weighted by Crippen LogP contribution is -2.30. The average molecular weight is 268 g/mol. The summed E-state index contributed by atoms with van der Waals surface area (Å²) >= 11 is 0. The number of phenols is 2. The summed E-state index contributed by atoms with van der Waals surface area (Å²) in [6, 6.07) is 15.1. The van der Waals surface area contributed by atoms with Crippen molar-refractivity contribution in [1.29, 1.82) is 0 Å². The van der Waals surface area contributed by atoms with E-state index in [1.54, 1.807) is 12.1 Å². The molecule has 0 atom stereocenters. The van der Waals surface area contributed by atoms with Gasteiger partial charge in [-0.25, -0.2) is 0 Å². The van der Waals surface area contributed by atoms with E-state index in [-0.39, 0.29) is 5.41 Å². The summed E-state index contributed by atoms with van der Waals surface area (Å²) in [5, 5.41) is 20.1. The minimum absolute atomic E-state index is 0.164. The van der Waals surface area contributed by atoms with E-state index >= 15 is 0 Å². The topological polar surface area (TPSA) is 40.5 Å². The van der Waals surface area contributed by atoms with Crippen LogP contribution in [0.1, 0.15) is 43.2 Å². The largest absolute Gasteiger partial charge is 0.508 e. The van der Waals surface area contributed by atoms with Crippen LogP contribution in [-0.2, 0) is 5.41 Å². The molecular weight excluding hydrogens is 248 g/mol. The molecule has 1 fully saturated rings. The van der Waals surface area contributed by atoms with Crippen molar-refractivity contribution in [2.24, 2.45) is 0 Å². The maximum Gasteiger partial charge on any atom is 0.119 e. The lowest BCUT2D eigenvalue weighted by Gasteiger charge is -2.39. The SMILES string of the molecule is Oc1cccc(C2(c3ccccc3O)CCCCC2)c1. The molecule has 0 spiro atoms. The molecule has 2 N–H and O–H groups in total. The van der Waals surface area contributed by atoms with Gasteiger partial charge in [-0.05, 0) is 36.6 Å². The molecule has 1 saturated carbocycles. The molecule has 0 amide bonds. The van der Waals surface area contributed by atoms with Crippen LogP contribution < -0.4 is 0 Å². The lowest BCUT2D eigenvalue weighted by molar-refractivity contribution is 0.331. The molecule has 0 heterocycles. The Kier molecular flexibility index (Phi) is 3.39. The molecule has 1 aliphatic carbocycles. The third kappa shape index (κ3) is 2.15. The maximum atomic E-state index is 10.3. The van der Waals surface area contributed by atoms with Crippen molar-refractivity contribution < 1.29 is 10.2 Å². The highest BCUT2D eigenvalue weighted by Gasteiger charge is 2.37. The Morgan fingerprint density at radius 3 is 2.25 bits per heavy atom. The highest BCUT2D eigenvalue weighted by molar-refractivity contribution is 5.48. The zero-order valence-corrected chi connectivity index (χ0v) is 11.5. The van der Waals surface area contributed by atoms with E-state index in [9.17, 15) is 10.2 Å². The third-order valence-electron chi connectivity index (χ3n) is 4.53. The molecule has 2 aromatic rings. The Balaban J connectivity index is 2.17. The highest BCUT2D eigenvalue weighted by atomic mass is 16.3. The van der Waals surface area contributed by atoms with Crippen molar-refractivity contribution in [3.8, 4) is 11.5 Å². The molecule has 0 radical (unpaired) electrons. The van der Waals surface area contributed by atoms with E-state index in [1.807, 2.05) is 30.3 Å². The van der Waals surface area contributed by atoms with Crippen LogP contribution >= 0.6 is 0 Å². The monoisotopic (exact) mass is 268 g/mol. The summed E-state index contributed by atoms with van der Waals surface area (Å²) in [7, 11) is 0. The van der Waals surface area contributed by atoms with Gasteiger partial charge in [0.15, 0.2) is 0 Å². The summed E-state index contributed by atoms with van der Waals surface area (Å²) < 4.78 is 0. The van der Waals surface area contributed by atoms with Crippen LogP contribution in [0.25, 0.3) is 0 Å². The van der Waals surface area contributed by atoms with E-state index in [0.29, 0.717) is 11.5 Å². The molecule has 0 aliphatic heterocycles. The fraction of sp³-hybridized carbons (Fsp3) is 0.333. The van der Waals surface area contributed by atoms with Crippen LogP contribution in [0.5, 0.6) is 11.5 Å². The molecule has 0 bridgehead atoms. The second-order valence-corrected chi connectivity index (χ2v) is 5.71. The van der Waals surface area contributed by atoms with E-state index in [0.717, 1.165) is 36.8 Å². The lowest BCUT2D eigenvalue weighted by atomic mass is 9.65. The Morgan fingerprint density at radius 2 is 1.55 bits per heavy atom. The molecular formula is C18H20O2. The van der Waals surface area contributed by atoms with Crippen LogP contribution in [0, 0.1) is 0 Å². The summed E-state index contributed by atoms with van der Waals surface area (Å²) in [6.07, 6.45) is 5.60. The van der Waals surface area contributed by atoms with Gasteiger partial charge in [0.05, 0.1) is 0 Å². The fourth-order valence-corrected chi connectivity index (χ4v) is 3.55. The summed E-state index contributed by atoms with van der Waals surface area (Å²) in [4.78, 5) is 0. The zero-order chi connectivity index (χ0) is 14.0. The Labute approximate surface area is 119 Å². The Bertz CT molecular complexity index is 598.